The molecule has 0 aliphatic heterocycles. The van der Waals surface area contributed by atoms with Gasteiger partial charge in [-0.15, -0.1) is 21.8 Å². The normalized spacial score (nSPS) is 22.7. The molecule has 1 aromatic heterocycles. The third kappa shape index (κ3) is 1.84. The standard InChI is InChI=1S/C13H14ClN3/c1-17-12(8-14)15-16-13(17)11-7-10(11)9-5-3-2-4-6-9/h2-6,10-11H,7-8H2,1H3. The summed E-state index contributed by atoms with van der Waals surface area (Å²) in [6.45, 7) is 0. The molecule has 1 aliphatic rings. The maximum Gasteiger partial charge on any atom is 0.147 e. The van der Waals surface area contributed by atoms with E-state index < -0.39 is 0 Å². The quantitative estimate of drug-likeness (QED) is 0.781. The molecular formula is C13H14ClN3. The highest BCUT2D eigenvalue weighted by Gasteiger charge is 2.42. The van der Waals surface area contributed by atoms with Crippen molar-refractivity contribution in [3.63, 3.8) is 0 Å². The number of benzene rings is 1. The third-order valence-electron chi connectivity index (χ3n) is 3.47. The zero-order valence-electron chi connectivity index (χ0n) is 9.68. The summed E-state index contributed by atoms with van der Waals surface area (Å²) in [6.07, 6.45) is 1.16. The third-order valence-corrected chi connectivity index (χ3v) is 3.71. The van der Waals surface area contributed by atoms with E-state index in [0.29, 0.717) is 17.7 Å². The van der Waals surface area contributed by atoms with Gasteiger partial charge in [-0.3, -0.25) is 0 Å². The van der Waals surface area contributed by atoms with E-state index in [9.17, 15) is 0 Å². The van der Waals surface area contributed by atoms with Crippen LogP contribution in [-0.2, 0) is 12.9 Å². The average Bonchev–Trinajstić information content (AvgIpc) is 3.08. The van der Waals surface area contributed by atoms with E-state index in [0.717, 1.165) is 18.1 Å². The molecular weight excluding hydrogens is 234 g/mol. The van der Waals surface area contributed by atoms with E-state index in [-0.39, 0.29) is 0 Å². The lowest BCUT2D eigenvalue weighted by atomic mass is 10.1. The van der Waals surface area contributed by atoms with Gasteiger partial charge in [0.2, 0.25) is 0 Å². The van der Waals surface area contributed by atoms with Crippen molar-refractivity contribution in [2.45, 2.75) is 24.1 Å². The predicted octanol–water partition coefficient (Wildman–Crippen LogP) is 2.83. The van der Waals surface area contributed by atoms with Crippen LogP contribution in [0.15, 0.2) is 30.3 Å². The van der Waals surface area contributed by atoms with Crippen molar-refractivity contribution in [2.75, 3.05) is 0 Å². The van der Waals surface area contributed by atoms with Crippen LogP contribution >= 0.6 is 11.6 Å². The minimum absolute atomic E-state index is 0.423. The van der Waals surface area contributed by atoms with Gasteiger partial charge >= 0.3 is 0 Å². The highest BCUT2D eigenvalue weighted by Crippen LogP contribution is 2.53. The van der Waals surface area contributed by atoms with Crippen molar-refractivity contribution in [1.82, 2.24) is 14.8 Å². The Bertz CT molecular complexity index is 521. The van der Waals surface area contributed by atoms with Gasteiger partial charge in [-0.2, -0.15) is 0 Å². The molecule has 0 saturated heterocycles. The Balaban J connectivity index is 1.83. The van der Waals surface area contributed by atoms with Gasteiger partial charge in [0.15, 0.2) is 0 Å². The molecule has 2 atom stereocenters. The zero-order chi connectivity index (χ0) is 11.8. The summed E-state index contributed by atoms with van der Waals surface area (Å²) in [6, 6.07) is 10.6. The Labute approximate surface area is 105 Å². The Morgan fingerprint density at radius 1 is 1.24 bits per heavy atom. The summed E-state index contributed by atoms with van der Waals surface area (Å²) in [5, 5.41) is 8.36. The zero-order valence-corrected chi connectivity index (χ0v) is 10.4. The van der Waals surface area contributed by atoms with Crippen LogP contribution in [0.1, 0.15) is 35.5 Å². The van der Waals surface area contributed by atoms with Crippen molar-refractivity contribution in [3.8, 4) is 0 Å². The second kappa shape index (κ2) is 4.15. The van der Waals surface area contributed by atoms with Gasteiger partial charge in [-0.25, -0.2) is 0 Å². The summed E-state index contributed by atoms with van der Waals surface area (Å²) in [5.74, 6) is 3.44. The van der Waals surface area contributed by atoms with Gasteiger partial charge in [0.1, 0.15) is 11.6 Å². The first-order valence-electron chi connectivity index (χ1n) is 5.80. The van der Waals surface area contributed by atoms with E-state index >= 15 is 0 Å². The molecule has 4 heteroatoms. The number of hydrogen-bond donors (Lipinski definition) is 0. The Hall–Kier alpha value is -1.35. The van der Waals surface area contributed by atoms with Gasteiger partial charge in [0.05, 0.1) is 5.88 Å². The van der Waals surface area contributed by atoms with E-state index in [1.54, 1.807) is 0 Å². The van der Waals surface area contributed by atoms with Gasteiger partial charge in [-0.05, 0) is 17.9 Å². The fourth-order valence-corrected chi connectivity index (χ4v) is 2.60. The first kappa shape index (κ1) is 10.8. The smallest absolute Gasteiger partial charge is 0.147 e. The largest absolute Gasteiger partial charge is 0.317 e. The SMILES string of the molecule is Cn1c(CCl)nnc1C1CC1c1ccccc1. The molecule has 0 N–H and O–H groups in total. The molecule has 17 heavy (non-hydrogen) atoms. The second-order valence-electron chi connectivity index (χ2n) is 4.53. The molecule has 1 fully saturated rings. The Kier molecular flexibility index (Phi) is 2.63. The van der Waals surface area contributed by atoms with E-state index in [2.05, 4.69) is 40.5 Å². The van der Waals surface area contributed by atoms with E-state index in [4.69, 9.17) is 11.6 Å². The second-order valence-corrected chi connectivity index (χ2v) is 4.79. The van der Waals surface area contributed by atoms with Crippen LogP contribution in [0.4, 0.5) is 0 Å². The van der Waals surface area contributed by atoms with Gasteiger partial charge in [0.25, 0.3) is 0 Å². The van der Waals surface area contributed by atoms with Crippen molar-refractivity contribution in [2.24, 2.45) is 7.05 Å². The van der Waals surface area contributed by atoms with Crippen molar-refractivity contribution < 1.29 is 0 Å². The molecule has 1 saturated carbocycles. The summed E-state index contributed by atoms with van der Waals surface area (Å²) in [5.41, 5.74) is 1.40. The molecule has 0 radical (unpaired) electrons. The monoisotopic (exact) mass is 247 g/mol. The number of hydrogen-bond acceptors (Lipinski definition) is 2. The first-order valence-corrected chi connectivity index (χ1v) is 6.33. The van der Waals surface area contributed by atoms with E-state index in [1.807, 2.05) is 11.6 Å². The molecule has 1 heterocycles. The average molecular weight is 248 g/mol. The fraction of sp³-hybridized carbons (Fsp3) is 0.385. The fourth-order valence-electron chi connectivity index (χ4n) is 2.36. The van der Waals surface area contributed by atoms with Crippen molar-refractivity contribution in [3.05, 3.63) is 47.5 Å². The minimum atomic E-state index is 0.423. The molecule has 2 unspecified atom stereocenters. The maximum atomic E-state index is 5.80. The number of aromatic nitrogens is 3. The van der Waals surface area contributed by atoms with Crippen LogP contribution in [0.3, 0.4) is 0 Å². The van der Waals surface area contributed by atoms with Crippen molar-refractivity contribution in [1.29, 1.82) is 0 Å². The molecule has 2 aromatic rings. The molecule has 88 valence electrons. The predicted molar refractivity (Wildman–Crippen MR) is 67.1 cm³/mol. The van der Waals surface area contributed by atoms with Crippen LogP contribution in [0.25, 0.3) is 0 Å². The summed E-state index contributed by atoms with van der Waals surface area (Å²) in [4.78, 5) is 0. The Morgan fingerprint density at radius 3 is 2.65 bits per heavy atom. The Morgan fingerprint density at radius 2 is 2.00 bits per heavy atom. The lowest BCUT2D eigenvalue weighted by molar-refractivity contribution is 0.763. The number of alkyl halides is 1. The summed E-state index contributed by atoms with van der Waals surface area (Å²) < 4.78 is 2.03. The molecule has 3 nitrogen and oxygen atoms in total. The van der Waals surface area contributed by atoms with Crippen LogP contribution in [-0.4, -0.2) is 14.8 Å². The molecule has 3 rings (SSSR count). The summed E-state index contributed by atoms with van der Waals surface area (Å²) in [7, 11) is 1.99. The van der Waals surface area contributed by atoms with Gasteiger partial charge in [-0.1, -0.05) is 30.3 Å². The highest BCUT2D eigenvalue weighted by atomic mass is 35.5. The van der Waals surface area contributed by atoms with Crippen molar-refractivity contribution >= 4 is 11.6 Å². The lowest BCUT2D eigenvalue weighted by Crippen LogP contribution is -2.00. The maximum absolute atomic E-state index is 5.80. The van der Waals surface area contributed by atoms with Crippen LogP contribution in [0, 0.1) is 0 Å². The molecule has 1 aromatic carbocycles. The van der Waals surface area contributed by atoms with Crippen LogP contribution in [0.2, 0.25) is 0 Å². The number of halogens is 1. The lowest BCUT2D eigenvalue weighted by Gasteiger charge is -2.01. The number of rotatable bonds is 3. The van der Waals surface area contributed by atoms with Gasteiger partial charge < -0.3 is 4.57 Å². The summed E-state index contributed by atoms with van der Waals surface area (Å²) >= 11 is 5.80. The molecule has 0 amide bonds. The topological polar surface area (TPSA) is 30.7 Å². The molecule has 0 bridgehead atoms. The molecule has 1 aliphatic carbocycles. The van der Waals surface area contributed by atoms with E-state index in [1.165, 1.54) is 5.56 Å². The van der Waals surface area contributed by atoms with Crippen LogP contribution in [0.5, 0.6) is 0 Å². The van der Waals surface area contributed by atoms with Crippen LogP contribution < -0.4 is 0 Å². The highest BCUT2D eigenvalue weighted by molar-refractivity contribution is 6.16. The number of nitrogens with zero attached hydrogens (tertiary/aromatic N) is 3. The van der Waals surface area contributed by atoms with Gasteiger partial charge in [0, 0.05) is 13.0 Å². The molecule has 0 spiro atoms. The minimum Gasteiger partial charge on any atom is -0.317 e. The first-order chi connectivity index (χ1) is 8.31.